The Morgan fingerprint density at radius 3 is 2.59 bits per heavy atom. The summed E-state index contributed by atoms with van der Waals surface area (Å²) in [5.41, 5.74) is 7.78. The fraction of sp³-hybridized carbons (Fsp3) is 0.429. The van der Waals surface area contributed by atoms with E-state index in [0.717, 1.165) is 30.8 Å². The fourth-order valence-electron chi connectivity index (χ4n) is 1.48. The monoisotopic (exact) mass is 233 g/mol. The summed E-state index contributed by atoms with van der Waals surface area (Å²) >= 11 is 0. The standard InChI is InChI=1S/C14H23N3/c1-12(2)17-10-6-9-16-11-14(15)13-7-4-3-5-8-13/h3-5,7-8,11-12,16-17H,6,9-10,15H2,1-2H3/b14-11-. The quantitative estimate of drug-likeness (QED) is 0.631. The largest absolute Gasteiger partial charge is 0.397 e. The van der Waals surface area contributed by atoms with E-state index in [1.165, 1.54) is 0 Å². The maximum Gasteiger partial charge on any atom is 0.0547 e. The molecule has 0 bridgehead atoms. The molecule has 0 unspecified atom stereocenters. The Bertz CT molecular complexity index is 331. The van der Waals surface area contributed by atoms with E-state index >= 15 is 0 Å². The Morgan fingerprint density at radius 2 is 1.94 bits per heavy atom. The molecule has 4 N–H and O–H groups in total. The molecule has 0 amide bonds. The average Bonchev–Trinajstić information content (AvgIpc) is 2.34. The number of nitrogens with two attached hydrogens (primary N) is 1. The first kappa shape index (κ1) is 13.6. The molecule has 1 aromatic carbocycles. The zero-order chi connectivity index (χ0) is 12.5. The average molecular weight is 233 g/mol. The highest BCUT2D eigenvalue weighted by Crippen LogP contribution is 2.05. The maximum atomic E-state index is 5.94. The van der Waals surface area contributed by atoms with Gasteiger partial charge in [-0.3, -0.25) is 0 Å². The molecule has 0 atom stereocenters. The van der Waals surface area contributed by atoms with Crippen molar-refractivity contribution in [2.24, 2.45) is 5.73 Å². The van der Waals surface area contributed by atoms with Crippen molar-refractivity contribution < 1.29 is 0 Å². The minimum absolute atomic E-state index is 0.555. The van der Waals surface area contributed by atoms with Crippen molar-refractivity contribution in [1.82, 2.24) is 10.6 Å². The summed E-state index contributed by atoms with van der Waals surface area (Å²) < 4.78 is 0. The lowest BCUT2D eigenvalue weighted by Gasteiger charge is -2.08. The lowest BCUT2D eigenvalue weighted by Crippen LogP contribution is -2.26. The van der Waals surface area contributed by atoms with Crippen molar-refractivity contribution in [3.05, 3.63) is 42.1 Å². The van der Waals surface area contributed by atoms with Gasteiger partial charge in [-0.25, -0.2) is 0 Å². The summed E-state index contributed by atoms with van der Waals surface area (Å²) in [5.74, 6) is 0. The van der Waals surface area contributed by atoms with Gasteiger partial charge in [0.05, 0.1) is 5.70 Å². The van der Waals surface area contributed by atoms with E-state index in [2.05, 4.69) is 24.5 Å². The van der Waals surface area contributed by atoms with E-state index in [1.807, 2.05) is 36.5 Å². The molecular formula is C14H23N3. The van der Waals surface area contributed by atoms with Crippen molar-refractivity contribution in [2.75, 3.05) is 13.1 Å². The molecule has 3 heteroatoms. The molecule has 0 aliphatic heterocycles. The summed E-state index contributed by atoms with van der Waals surface area (Å²) in [4.78, 5) is 0. The maximum absolute atomic E-state index is 5.94. The first-order chi connectivity index (χ1) is 8.20. The molecule has 0 aliphatic carbocycles. The van der Waals surface area contributed by atoms with Gasteiger partial charge in [0, 0.05) is 18.8 Å². The van der Waals surface area contributed by atoms with Gasteiger partial charge in [0.15, 0.2) is 0 Å². The first-order valence-electron chi connectivity index (χ1n) is 6.18. The van der Waals surface area contributed by atoms with Crippen molar-refractivity contribution in [3.63, 3.8) is 0 Å². The third-order valence-electron chi connectivity index (χ3n) is 2.42. The second-order valence-corrected chi connectivity index (χ2v) is 4.38. The molecule has 0 spiro atoms. The number of hydrogen-bond donors (Lipinski definition) is 3. The van der Waals surface area contributed by atoms with Gasteiger partial charge in [0.25, 0.3) is 0 Å². The fourth-order valence-corrected chi connectivity index (χ4v) is 1.48. The van der Waals surface area contributed by atoms with Crippen LogP contribution in [0.25, 0.3) is 5.70 Å². The minimum atomic E-state index is 0.555. The molecule has 17 heavy (non-hydrogen) atoms. The molecule has 3 nitrogen and oxygen atoms in total. The van der Waals surface area contributed by atoms with Crippen molar-refractivity contribution in [1.29, 1.82) is 0 Å². The highest BCUT2D eigenvalue weighted by molar-refractivity contribution is 5.61. The molecule has 0 aliphatic rings. The molecule has 1 aromatic rings. The van der Waals surface area contributed by atoms with Crippen LogP contribution in [0.2, 0.25) is 0 Å². The topological polar surface area (TPSA) is 50.1 Å². The van der Waals surface area contributed by atoms with Crippen LogP contribution in [-0.4, -0.2) is 19.1 Å². The van der Waals surface area contributed by atoms with Crippen LogP contribution < -0.4 is 16.4 Å². The number of hydrogen-bond acceptors (Lipinski definition) is 3. The van der Waals surface area contributed by atoms with E-state index in [0.29, 0.717) is 6.04 Å². The molecule has 0 aromatic heterocycles. The predicted octanol–water partition coefficient (Wildman–Crippen LogP) is 1.92. The van der Waals surface area contributed by atoms with Crippen molar-refractivity contribution in [3.8, 4) is 0 Å². The van der Waals surface area contributed by atoms with Crippen LogP contribution in [0, 0.1) is 0 Å². The number of benzene rings is 1. The Balaban J connectivity index is 2.21. The van der Waals surface area contributed by atoms with Gasteiger partial charge in [0.1, 0.15) is 0 Å². The van der Waals surface area contributed by atoms with Gasteiger partial charge < -0.3 is 16.4 Å². The van der Waals surface area contributed by atoms with E-state index in [1.54, 1.807) is 0 Å². The molecule has 0 radical (unpaired) electrons. The highest BCUT2D eigenvalue weighted by Gasteiger charge is 1.94. The lowest BCUT2D eigenvalue weighted by molar-refractivity contribution is 0.564. The van der Waals surface area contributed by atoms with E-state index in [9.17, 15) is 0 Å². The highest BCUT2D eigenvalue weighted by atomic mass is 14.9. The Hall–Kier alpha value is -1.48. The SMILES string of the molecule is CC(C)NCCCN/C=C(\N)c1ccccc1. The molecule has 0 fully saturated rings. The van der Waals surface area contributed by atoms with E-state index < -0.39 is 0 Å². The van der Waals surface area contributed by atoms with Gasteiger partial charge in [-0.15, -0.1) is 0 Å². The second kappa shape index (κ2) is 7.74. The normalized spacial score (nSPS) is 11.8. The second-order valence-electron chi connectivity index (χ2n) is 4.38. The van der Waals surface area contributed by atoms with Gasteiger partial charge in [-0.1, -0.05) is 44.2 Å². The van der Waals surface area contributed by atoms with Gasteiger partial charge in [-0.2, -0.15) is 0 Å². The summed E-state index contributed by atoms with van der Waals surface area (Å²) in [6.07, 6.45) is 2.97. The van der Waals surface area contributed by atoms with Crippen LogP contribution in [0.5, 0.6) is 0 Å². The Labute approximate surface area is 104 Å². The van der Waals surface area contributed by atoms with Crippen molar-refractivity contribution in [2.45, 2.75) is 26.3 Å². The van der Waals surface area contributed by atoms with Gasteiger partial charge in [0.2, 0.25) is 0 Å². The smallest absolute Gasteiger partial charge is 0.0547 e. The number of rotatable bonds is 7. The van der Waals surface area contributed by atoms with Gasteiger partial charge >= 0.3 is 0 Å². The van der Waals surface area contributed by atoms with E-state index in [4.69, 9.17) is 5.73 Å². The summed E-state index contributed by atoms with van der Waals surface area (Å²) in [6.45, 7) is 6.28. The number of nitrogens with one attached hydrogen (secondary N) is 2. The van der Waals surface area contributed by atoms with Crippen LogP contribution in [0.1, 0.15) is 25.8 Å². The summed E-state index contributed by atoms with van der Waals surface area (Å²) in [7, 11) is 0. The van der Waals surface area contributed by atoms with E-state index in [-0.39, 0.29) is 0 Å². The van der Waals surface area contributed by atoms with Crippen LogP contribution in [0.4, 0.5) is 0 Å². The molecule has 0 heterocycles. The van der Waals surface area contributed by atoms with Crippen LogP contribution in [-0.2, 0) is 0 Å². The Kier molecular flexibility index (Phi) is 6.18. The molecular weight excluding hydrogens is 210 g/mol. The molecule has 1 rings (SSSR count). The van der Waals surface area contributed by atoms with Crippen molar-refractivity contribution >= 4 is 5.70 Å². The summed E-state index contributed by atoms with van der Waals surface area (Å²) in [6, 6.07) is 10.5. The zero-order valence-corrected chi connectivity index (χ0v) is 10.7. The molecule has 94 valence electrons. The minimum Gasteiger partial charge on any atom is -0.397 e. The first-order valence-corrected chi connectivity index (χ1v) is 6.18. The molecule has 0 saturated carbocycles. The third kappa shape index (κ3) is 5.97. The molecule has 0 saturated heterocycles. The summed E-state index contributed by atoms with van der Waals surface area (Å²) in [5, 5.41) is 6.60. The predicted molar refractivity (Wildman–Crippen MR) is 74.4 cm³/mol. The Morgan fingerprint density at radius 1 is 1.24 bits per heavy atom. The lowest BCUT2D eigenvalue weighted by atomic mass is 10.2. The van der Waals surface area contributed by atoms with Gasteiger partial charge in [-0.05, 0) is 18.5 Å². The van der Waals surface area contributed by atoms with Crippen LogP contribution in [0.15, 0.2) is 36.5 Å². The van der Waals surface area contributed by atoms with Crippen LogP contribution >= 0.6 is 0 Å². The third-order valence-corrected chi connectivity index (χ3v) is 2.42. The van der Waals surface area contributed by atoms with Crippen LogP contribution in [0.3, 0.4) is 0 Å². The zero-order valence-electron chi connectivity index (χ0n) is 10.7.